The van der Waals surface area contributed by atoms with Crippen LogP contribution in [0.2, 0.25) is 0 Å². The van der Waals surface area contributed by atoms with Gasteiger partial charge < -0.3 is 20.5 Å². The van der Waals surface area contributed by atoms with Gasteiger partial charge in [0.2, 0.25) is 0 Å². The van der Waals surface area contributed by atoms with E-state index in [0.29, 0.717) is 23.5 Å². The van der Waals surface area contributed by atoms with E-state index in [0.717, 1.165) is 17.7 Å². The summed E-state index contributed by atoms with van der Waals surface area (Å²) in [4.78, 5) is 14.3. The first-order chi connectivity index (χ1) is 10.1. The van der Waals surface area contributed by atoms with Crippen LogP contribution in [-0.2, 0) is 6.42 Å². The van der Waals surface area contributed by atoms with Crippen molar-refractivity contribution in [2.24, 2.45) is 0 Å². The van der Waals surface area contributed by atoms with Crippen molar-refractivity contribution in [2.45, 2.75) is 6.42 Å². The van der Waals surface area contributed by atoms with Gasteiger partial charge >= 0.3 is 0 Å². The molecule has 3 N–H and O–H groups in total. The summed E-state index contributed by atoms with van der Waals surface area (Å²) in [7, 11) is 1.47. The number of hydrogen-bond donors (Lipinski definition) is 2. The van der Waals surface area contributed by atoms with Gasteiger partial charge in [-0.05, 0) is 42.3 Å². The number of nitrogens with two attached hydrogens (primary N) is 1. The highest BCUT2D eigenvalue weighted by molar-refractivity contribution is 6.07. The van der Waals surface area contributed by atoms with E-state index in [4.69, 9.17) is 10.5 Å². The Morgan fingerprint density at radius 3 is 2.81 bits per heavy atom. The summed E-state index contributed by atoms with van der Waals surface area (Å²) in [6, 6.07) is 10.2. The second-order valence-corrected chi connectivity index (χ2v) is 4.98. The van der Waals surface area contributed by atoms with E-state index in [1.165, 1.54) is 13.2 Å². The van der Waals surface area contributed by atoms with Crippen molar-refractivity contribution >= 4 is 17.3 Å². The summed E-state index contributed by atoms with van der Waals surface area (Å²) in [5, 5.41) is 9.81. The second-order valence-electron chi connectivity index (χ2n) is 4.98. The predicted octanol–water partition coefficient (Wildman–Crippen LogP) is 2.19. The number of aromatic hydroxyl groups is 1. The third-order valence-corrected chi connectivity index (χ3v) is 3.68. The lowest BCUT2D eigenvalue weighted by atomic mass is 10.1. The largest absolute Gasteiger partial charge is 0.504 e. The van der Waals surface area contributed by atoms with Gasteiger partial charge in [0.05, 0.1) is 7.11 Å². The van der Waals surface area contributed by atoms with Gasteiger partial charge in [0.1, 0.15) is 0 Å². The Balaban J connectivity index is 1.94. The van der Waals surface area contributed by atoms with Crippen LogP contribution in [0.1, 0.15) is 15.9 Å². The van der Waals surface area contributed by atoms with Crippen molar-refractivity contribution in [3.8, 4) is 11.5 Å². The Hall–Kier alpha value is -2.69. The van der Waals surface area contributed by atoms with E-state index >= 15 is 0 Å². The number of rotatable bonds is 2. The molecule has 1 aliphatic rings. The van der Waals surface area contributed by atoms with Crippen LogP contribution >= 0.6 is 0 Å². The Labute approximate surface area is 122 Å². The van der Waals surface area contributed by atoms with Crippen LogP contribution in [0.15, 0.2) is 36.4 Å². The predicted molar refractivity (Wildman–Crippen MR) is 80.9 cm³/mol. The molecule has 0 fully saturated rings. The number of anilines is 2. The fourth-order valence-corrected chi connectivity index (χ4v) is 2.59. The standard InChI is InChI=1S/C16H16N2O3/c1-21-15-5-3-11(8-14(15)19)16(20)18-7-6-10-2-4-12(17)9-13(10)18/h2-5,8-9,19H,6-7,17H2,1H3. The molecule has 0 radical (unpaired) electrons. The number of ether oxygens (including phenoxy) is 1. The number of nitrogen functional groups attached to an aromatic ring is 1. The minimum atomic E-state index is -0.155. The van der Waals surface area contributed by atoms with Crippen molar-refractivity contribution in [2.75, 3.05) is 24.3 Å². The maximum atomic E-state index is 12.6. The number of fused-ring (bicyclic) bond motifs is 1. The van der Waals surface area contributed by atoms with Crippen LogP contribution in [0.5, 0.6) is 11.5 Å². The van der Waals surface area contributed by atoms with Crippen LogP contribution in [0.25, 0.3) is 0 Å². The topological polar surface area (TPSA) is 75.8 Å². The number of amides is 1. The first kappa shape index (κ1) is 13.3. The Morgan fingerprint density at radius 2 is 2.10 bits per heavy atom. The van der Waals surface area contributed by atoms with E-state index < -0.39 is 0 Å². The van der Waals surface area contributed by atoms with Crippen molar-refractivity contribution in [3.05, 3.63) is 47.5 Å². The van der Waals surface area contributed by atoms with Gasteiger partial charge in [-0.25, -0.2) is 0 Å². The number of hydrogen-bond acceptors (Lipinski definition) is 4. The molecule has 0 spiro atoms. The first-order valence-corrected chi connectivity index (χ1v) is 6.67. The zero-order chi connectivity index (χ0) is 15.0. The molecule has 0 bridgehead atoms. The Kier molecular flexibility index (Phi) is 3.17. The molecule has 5 nitrogen and oxygen atoms in total. The fraction of sp³-hybridized carbons (Fsp3) is 0.188. The first-order valence-electron chi connectivity index (χ1n) is 6.67. The number of phenolic OH excluding ortho intramolecular Hbond substituents is 1. The molecule has 0 saturated heterocycles. The van der Waals surface area contributed by atoms with E-state index in [1.54, 1.807) is 17.0 Å². The molecule has 2 aromatic carbocycles. The average molecular weight is 284 g/mol. The third-order valence-electron chi connectivity index (χ3n) is 3.68. The molecular weight excluding hydrogens is 268 g/mol. The molecule has 1 aliphatic heterocycles. The van der Waals surface area contributed by atoms with E-state index in [2.05, 4.69) is 0 Å². The van der Waals surface area contributed by atoms with E-state index in [1.807, 2.05) is 18.2 Å². The number of methoxy groups -OCH3 is 1. The lowest BCUT2D eigenvalue weighted by molar-refractivity contribution is 0.0989. The van der Waals surface area contributed by atoms with Crippen molar-refractivity contribution in [1.29, 1.82) is 0 Å². The molecule has 0 aliphatic carbocycles. The maximum Gasteiger partial charge on any atom is 0.258 e. The number of nitrogens with zero attached hydrogens (tertiary/aromatic N) is 1. The molecule has 108 valence electrons. The van der Waals surface area contributed by atoms with Gasteiger partial charge in [0.15, 0.2) is 11.5 Å². The average Bonchev–Trinajstić information content (AvgIpc) is 2.89. The Morgan fingerprint density at radius 1 is 1.29 bits per heavy atom. The molecule has 0 atom stereocenters. The van der Waals surface area contributed by atoms with E-state index in [-0.39, 0.29) is 11.7 Å². The summed E-state index contributed by atoms with van der Waals surface area (Å²) in [5.41, 5.74) is 8.80. The molecule has 0 aromatic heterocycles. The van der Waals surface area contributed by atoms with Crippen molar-refractivity contribution < 1.29 is 14.6 Å². The van der Waals surface area contributed by atoms with Crippen LogP contribution in [-0.4, -0.2) is 24.7 Å². The summed E-state index contributed by atoms with van der Waals surface area (Å²) in [6.45, 7) is 0.615. The minimum absolute atomic E-state index is 0.0460. The zero-order valence-electron chi connectivity index (χ0n) is 11.7. The van der Waals surface area contributed by atoms with Gasteiger partial charge in [-0.15, -0.1) is 0 Å². The quantitative estimate of drug-likeness (QED) is 0.829. The summed E-state index contributed by atoms with van der Waals surface area (Å²) in [5.74, 6) is 0.144. The normalized spacial score (nSPS) is 13.1. The van der Waals surface area contributed by atoms with Gasteiger partial charge in [-0.3, -0.25) is 4.79 Å². The highest BCUT2D eigenvalue weighted by Crippen LogP contribution is 2.32. The van der Waals surface area contributed by atoms with Crippen molar-refractivity contribution in [3.63, 3.8) is 0 Å². The fourth-order valence-electron chi connectivity index (χ4n) is 2.59. The molecule has 21 heavy (non-hydrogen) atoms. The molecule has 5 heteroatoms. The number of carbonyl (C=O) groups is 1. The summed E-state index contributed by atoms with van der Waals surface area (Å²) < 4.78 is 4.99. The van der Waals surface area contributed by atoms with Gasteiger partial charge in [-0.1, -0.05) is 6.07 Å². The molecule has 0 saturated carbocycles. The molecule has 1 heterocycles. The van der Waals surface area contributed by atoms with Crippen LogP contribution < -0.4 is 15.4 Å². The maximum absolute atomic E-state index is 12.6. The smallest absolute Gasteiger partial charge is 0.258 e. The molecule has 3 rings (SSSR count). The lowest BCUT2D eigenvalue weighted by Crippen LogP contribution is -2.28. The molecule has 0 unspecified atom stereocenters. The highest BCUT2D eigenvalue weighted by Gasteiger charge is 2.26. The minimum Gasteiger partial charge on any atom is -0.504 e. The van der Waals surface area contributed by atoms with Crippen molar-refractivity contribution in [1.82, 2.24) is 0 Å². The molecule has 2 aromatic rings. The molecular formula is C16H16N2O3. The lowest BCUT2D eigenvalue weighted by Gasteiger charge is -2.18. The summed E-state index contributed by atoms with van der Waals surface area (Å²) in [6.07, 6.45) is 0.809. The van der Waals surface area contributed by atoms with E-state index in [9.17, 15) is 9.90 Å². The third kappa shape index (κ3) is 2.27. The highest BCUT2D eigenvalue weighted by atomic mass is 16.5. The zero-order valence-corrected chi connectivity index (χ0v) is 11.7. The Bertz CT molecular complexity index is 713. The van der Waals surface area contributed by atoms with Crippen LogP contribution in [0, 0.1) is 0 Å². The van der Waals surface area contributed by atoms with Gasteiger partial charge in [0, 0.05) is 23.5 Å². The van der Waals surface area contributed by atoms with Gasteiger partial charge in [0.25, 0.3) is 5.91 Å². The number of phenols is 1. The second kappa shape index (κ2) is 5.01. The monoisotopic (exact) mass is 284 g/mol. The molecule has 1 amide bonds. The number of benzene rings is 2. The van der Waals surface area contributed by atoms with Gasteiger partial charge in [-0.2, -0.15) is 0 Å². The number of carbonyl (C=O) groups excluding carboxylic acids is 1. The SMILES string of the molecule is COc1ccc(C(=O)N2CCc3ccc(N)cc32)cc1O. The summed E-state index contributed by atoms with van der Waals surface area (Å²) >= 11 is 0. The van der Waals surface area contributed by atoms with Crippen LogP contribution in [0.3, 0.4) is 0 Å². The van der Waals surface area contributed by atoms with Crippen LogP contribution in [0.4, 0.5) is 11.4 Å².